The third kappa shape index (κ3) is 4.88. The second-order valence-corrected chi connectivity index (χ2v) is 7.75. The van der Waals surface area contributed by atoms with Crippen molar-refractivity contribution in [2.75, 3.05) is 23.7 Å². The van der Waals surface area contributed by atoms with Gasteiger partial charge in [0, 0.05) is 46.6 Å². The van der Waals surface area contributed by atoms with Crippen molar-refractivity contribution in [1.82, 2.24) is 9.80 Å². The van der Waals surface area contributed by atoms with Crippen LogP contribution in [0, 0.1) is 0 Å². The standard InChI is InChI=1S/C20H22Cl2N4O2/c1-13-11-26(20(28)24-18-9-5-16(22)6-10-18)14(2)12-25(13)19(27)23-17-7-3-15(21)4-8-17/h3-10,13-14H,11-12H2,1-2H3,(H,23,27)(H,24,28)/t13-,14-/m1/s1. The number of nitrogens with one attached hydrogen (secondary N) is 2. The third-order valence-electron chi connectivity index (χ3n) is 4.70. The summed E-state index contributed by atoms with van der Waals surface area (Å²) in [5.41, 5.74) is 1.36. The van der Waals surface area contributed by atoms with E-state index in [-0.39, 0.29) is 24.1 Å². The molecule has 2 aromatic rings. The van der Waals surface area contributed by atoms with Crippen molar-refractivity contribution in [3.63, 3.8) is 0 Å². The van der Waals surface area contributed by atoms with Crippen LogP contribution >= 0.6 is 23.2 Å². The monoisotopic (exact) mass is 420 g/mol. The lowest BCUT2D eigenvalue weighted by Gasteiger charge is -2.43. The number of halogens is 2. The summed E-state index contributed by atoms with van der Waals surface area (Å²) in [6, 6.07) is 13.3. The molecule has 2 atom stereocenters. The molecule has 148 valence electrons. The quantitative estimate of drug-likeness (QED) is 0.704. The van der Waals surface area contributed by atoms with Gasteiger partial charge in [-0.25, -0.2) is 9.59 Å². The van der Waals surface area contributed by atoms with Crippen LogP contribution in [-0.4, -0.2) is 47.0 Å². The Morgan fingerprint density at radius 2 is 1.07 bits per heavy atom. The van der Waals surface area contributed by atoms with Gasteiger partial charge in [0.2, 0.25) is 0 Å². The largest absolute Gasteiger partial charge is 0.322 e. The second kappa shape index (κ2) is 8.71. The van der Waals surface area contributed by atoms with E-state index in [0.717, 1.165) is 0 Å². The van der Waals surface area contributed by atoms with Crippen LogP contribution in [0.4, 0.5) is 21.0 Å². The van der Waals surface area contributed by atoms with E-state index in [2.05, 4.69) is 10.6 Å². The Balaban J connectivity index is 1.61. The fourth-order valence-electron chi connectivity index (χ4n) is 3.15. The van der Waals surface area contributed by atoms with Gasteiger partial charge in [-0.2, -0.15) is 0 Å². The molecule has 0 unspecified atom stereocenters. The van der Waals surface area contributed by atoms with Crippen LogP contribution in [0.1, 0.15) is 13.8 Å². The SMILES string of the molecule is C[C@@H]1CN(C(=O)Nc2ccc(Cl)cc2)[C@H](C)CN1C(=O)Nc1ccc(Cl)cc1. The lowest BCUT2D eigenvalue weighted by molar-refractivity contribution is 0.0917. The maximum Gasteiger partial charge on any atom is 0.322 e. The first kappa shape index (κ1) is 20.3. The van der Waals surface area contributed by atoms with Gasteiger partial charge in [0.15, 0.2) is 0 Å². The first-order valence-electron chi connectivity index (χ1n) is 9.00. The molecular formula is C20H22Cl2N4O2. The lowest BCUT2D eigenvalue weighted by Crippen LogP contribution is -2.61. The molecule has 2 N–H and O–H groups in total. The van der Waals surface area contributed by atoms with Gasteiger partial charge in [0.05, 0.1) is 0 Å². The van der Waals surface area contributed by atoms with E-state index in [1.807, 2.05) is 13.8 Å². The van der Waals surface area contributed by atoms with E-state index in [4.69, 9.17) is 23.2 Å². The van der Waals surface area contributed by atoms with Crippen LogP contribution in [0.3, 0.4) is 0 Å². The zero-order valence-corrected chi connectivity index (χ0v) is 17.2. The number of benzene rings is 2. The molecule has 1 aliphatic rings. The molecule has 4 amide bonds. The predicted octanol–water partition coefficient (Wildman–Crippen LogP) is 5.15. The Morgan fingerprint density at radius 1 is 0.750 bits per heavy atom. The van der Waals surface area contributed by atoms with Crippen molar-refractivity contribution in [2.45, 2.75) is 25.9 Å². The fraction of sp³-hybridized carbons (Fsp3) is 0.300. The second-order valence-electron chi connectivity index (χ2n) is 6.88. The average Bonchev–Trinajstić information content (AvgIpc) is 2.66. The fourth-order valence-corrected chi connectivity index (χ4v) is 3.40. The van der Waals surface area contributed by atoms with Gasteiger partial charge in [-0.05, 0) is 62.4 Å². The van der Waals surface area contributed by atoms with E-state index >= 15 is 0 Å². The number of carbonyl (C=O) groups excluding carboxylic acids is 2. The lowest BCUT2D eigenvalue weighted by atomic mass is 10.1. The highest BCUT2D eigenvalue weighted by Gasteiger charge is 2.34. The molecule has 1 saturated heterocycles. The summed E-state index contributed by atoms with van der Waals surface area (Å²) < 4.78 is 0. The topological polar surface area (TPSA) is 64.7 Å². The third-order valence-corrected chi connectivity index (χ3v) is 5.20. The van der Waals surface area contributed by atoms with Crippen molar-refractivity contribution >= 4 is 46.6 Å². The van der Waals surface area contributed by atoms with E-state index in [1.54, 1.807) is 58.3 Å². The molecule has 3 rings (SSSR count). The Bertz CT molecular complexity index is 771. The maximum absolute atomic E-state index is 12.7. The molecule has 0 bridgehead atoms. The molecule has 1 aliphatic heterocycles. The minimum Gasteiger partial charge on any atom is -0.318 e. The predicted molar refractivity (Wildman–Crippen MR) is 113 cm³/mol. The average molecular weight is 421 g/mol. The number of hydrogen-bond acceptors (Lipinski definition) is 2. The smallest absolute Gasteiger partial charge is 0.318 e. The minimum atomic E-state index is -0.195. The number of urea groups is 2. The van der Waals surface area contributed by atoms with Crippen LogP contribution in [0.15, 0.2) is 48.5 Å². The molecule has 0 aromatic heterocycles. The van der Waals surface area contributed by atoms with Gasteiger partial charge >= 0.3 is 12.1 Å². The summed E-state index contributed by atoms with van der Waals surface area (Å²) >= 11 is 11.8. The van der Waals surface area contributed by atoms with Crippen molar-refractivity contribution in [2.24, 2.45) is 0 Å². The summed E-state index contributed by atoms with van der Waals surface area (Å²) in [5, 5.41) is 6.97. The van der Waals surface area contributed by atoms with Crippen molar-refractivity contribution < 1.29 is 9.59 Å². The molecule has 1 heterocycles. The summed E-state index contributed by atoms with van der Waals surface area (Å²) in [5.74, 6) is 0. The first-order chi connectivity index (χ1) is 13.3. The molecule has 0 radical (unpaired) electrons. The molecule has 6 nitrogen and oxygen atoms in total. The molecule has 8 heteroatoms. The van der Waals surface area contributed by atoms with Crippen LogP contribution in [0.5, 0.6) is 0 Å². The number of nitrogens with zero attached hydrogens (tertiary/aromatic N) is 2. The maximum atomic E-state index is 12.7. The molecule has 28 heavy (non-hydrogen) atoms. The van der Waals surface area contributed by atoms with E-state index < -0.39 is 0 Å². The Kier molecular flexibility index (Phi) is 6.31. The normalized spacial score (nSPS) is 19.3. The van der Waals surface area contributed by atoms with Gasteiger partial charge in [0.1, 0.15) is 0 Å². The minimum absolute atomic E-state index is 0.125. The molecule has 0 aliphatic carbocycles. The van der Waals surface area contributed by atoms with Gasteiger partial charge in [0.25, 0.3) is 0 Å². The van der Waals surface area contributed by atoms with Gasteiger partial charge in [-0.1, -0.05) is 23.2 Å². The number of rotatable bonds is 2. The number of hydrogen-bond donors (Lipinski definition) is 2. The summed E-state index contributed by atoms with van der Waals surface area (Å²) in [6.45, 7) is 4.73. The zero-order valence-electron chi connectivity index (χ0n) is 15.7. The van der Waals surface area contributed by atoms with Crippen LogP contribution in [0.25, 0.3) is 0 Å². The summed E-state index contributed by atoms with van der Waals surface area (Å²) in [6.07, 6.45) is 0. The number of anilines is 2. The Labute approximate surface area is 174 Å². The molecular weight excluding hydrogens is 399 g/mol. The highest BCUT2D eigenvalue weighted by Crippen LogP contribution is 2.20. The molecule has 1 fully saturated rings. The van der Waals surface area contributed by atoms with Crippen molar-refractivity contribution in [3.05, 3.63) is 58.6 Å². The van der Waals surface area contributed by atoms with E-state index in [0.29, 0.717) is 34.5 Å². The number of piperazine rings is 1. The van der Waals surface area contributed by atoms with E-state index in [1.165, 1.54) is 0 Å². The molecule has 0 saturated carbocycles. The van der Waals surface area contributed by atoms with Gasteiger partial charge in [-0.15, -0.1) is 0 Å². The Hall–Kier alpha value is -2.44. The highest BCUT2D eigenvalue weighted by molar-refractivity contribution is 6.30. The van der Waals surface area contributed by atoms with Crippen molar-refractivity contribution in [1.29, 1.82) is 0 Å². The number of amides is 4. The summed E-state index contributed by atoms with van der Waals surface area (Å²) in [4.78, 5) is 28.8. The van der Waals surface area contributed by atoms with Crippen LogP contribution in [-0.2, 0) is 0 Å². The van der Waals surface area contributed by atoms with Gasteiger partial charge < -0.3 is 20.4 Å². The Morgan fingerprint density at radius 3 is 1.39 bits per heavy atom. The van der Waals surface area contributed by atoms with Gasteiger partial charge in [-0.3, -0.25) is 0 Å². The molecule has 0 spiro atoms. The molecule has 2 aromatic carbocycles. The van der Waals surface area contributed by atoms with Crippen molar-refractivity contribution in [3.8, 4) is 0 Å². The highest BCUT2D eigenvalue weighted by atomic mass is 35.5. The van der Waals surface area contributed by atoms with Crippen LogP contribution in [0.2, 0.25) is 10.0 Å². The summed E-state index contributed by atoms with van der Waals surface area (Å²) in [7, 11) is 0. The van der Waals surface area contributed by atoms with Crippen LogP contribution < -0.4 is 10.6 Å². The zero-order chi connectivity index (χ0) is 20.3. The number of carbonyl (C=O) groups is 2. The van der Waals surface area contributed by atoms with E-state index in [9.17, 15) is 9.59 Å². The first-order valence-corrected chi connectivity index (χ1v) is 9.75.